The van der Waals surface area contributed by atoms with E-state index < -0.39 is 11.7 Å². The van der Waals surface area contributed by atoms with Crippen LogP contribution in [0, 0.1) is 5.82 Å². The van der Waals surface area contributed by atoms with Gasteiger partial charge in [-0.2, -0.15) is 4.98 Å². The first kappa shape index (κ1) is 19.9. The summed E-state index contributed by atoms with van der Waals surface area (Å²) in [6.07, 6.45) is 1.53. The predicted molar refractivity (Wildman–Crippen MR) is 112 cm³/mol. The molecule has 0 saturated carbocycles. The molecule has 3 aromatic rings. The Balaban J connectivity index is 1.33. The minimum Gasteiger partial charge on any atom is -0.484 e. The Morgan fingerprint density at radius 3 is 2.87 bits per heavy atom. The third kappa shape index (κ3) is 4.60. The van der Waals surface area contributed by atoms with Crippen molar-refractivity contribution in [2.75, 3.05) is 23.3 Å². The molecule has 2 heterocycles. The topological polar surface area (TPSA) is 93.4 Å². The van der Waals surface area contributed by atoms with Crippen molar-refractivity contribution in [2.24, 2.45) is 5.73 Å². The Hall–Kier alpha value is -3.39. The second-order valence-electron chi connectivity index (χ2n) is 6.88. The van der Waals surface area contributed by atoms with Gasteiger partial charge in [-0.3, -0.25) is 4.79 Å². The lowest BCUT2D eigenvalue weighted by Gasteiger charge is -2.39. The summed E-state index contributed by atoms with van der Waals surface area (Å²) in [5.74, 6) is 0.449. The second kappa shape index (κ2) is 8.54. The van der Waals surface area contributed by atoms with Crippen LogP contribution in [0.2, 0.25) is 5.02 Å². The monoisotopic (exact) mass is 427 g/mol. The molecule has 0 bridgehead atoms. The van der Waals surface area contributed by atoms with Crippen molar-refractivity contribution in [2.45, 2.75) is 12.6 Å². The molecule has 4 rings (SSSR count). The van der Waals surface area contributed by atoms with Gasteiger partial charge >= 0.3 is 0 Å². The smallest absolute Gasteiger partial charge is 0.248 e. The Morgan fingerprint density at radius 1 is 1.27 bits per heavy atom. The van der Waals surface area contributed by atoms with Gasteiger partial charge in [0, 0.05) is 23.3 Å². The van der Waals surface area contributed by atoms with Crippen molar-refractivity contribution in [3.63, 3.8) is 0 Å². The number of hydrogen-bond acceptors (Lipinski definition) is 6. The maximum atomic E-state index is 13.9. The lowest BCUT2D eigenvalue weighted by atomic mass is 10.1. The minimum absolute atomic E-state index is 0.136. The van der Waals surface area contributed by atoms with E-state index >= 15 is 0 Å². The molecule has 1 saturated heterocycles. The summed E-state index contributed by atoms with van der Waals surface area (Å²) in [5, 5.41) is 3.47. The molecular formula is C21H19ClFN5O2. The number of nitrogens with two attached hydrogens (primary N) is 1. The zero-order valence-electron chi connectivity index (χ0n) is 15.9. The van der Waals surface area contributed by atoms with E-state index in [9.17, 15) is 9.18 Å². The van der Waals surface area contributed by atoms with Gasteiger partial charge in [0.05, 0.1) is 13.1 Å². The zero-order chi connectivity index (χ0) is 21.1. The van der Waals surface area contributed by atoms with Crippen molar-refractivity contribution in [3.8, 4) is 5.75 Å². The molecule has 1 fully saturated rings. The summed E-state index contributed by atoms with van der Waals surface area (Å²) in [7, 11) is 0. The Bertz CT molecular complexity index is 1070. The van der Waals surface area contributed by atoms with Crippen molar-refractivity contribution in [1.29, 1.82) is 0 Å². The van der Waals surface area contributed by atoms with Gasteiger partial charge in [-0.25, -0.2) is 9.37 Å². The Kier molecular flexibility index (Phi) is 5.67. The van der Waals surface area contributed by atoms with Crippen LogP contribution < -0.4 is 20.7 Å². The van der Waals surface area contributed by atoms with Crippen LogP contribution in [-0.2, 0) is 6.54 Å². The number of hydrogen-bond donors (Lipinski definition) is 2. The molecule has 1 aliphatic rings. The molecule has 1 aliphatic heterocycles. The van der Waals surface area contributed by atoms with Gasteiger partial charge in [0.2, 0.25) is 11.9 Å². The number of carbonyl (C=O) groups excluding carboxylic acids is 1. The summed E-state index contributed by atoms with van der Waals surface area (Å²) in [5.41, 5.74) is 6.66. The summed E-state index contributed by atoms with van der Waals surface area (Å²) in [4.78, 5) is 22.0. The third-order valence-corrected chi connectivity index (χ3v) is 4.90. The number of halogens is 2. The van der Waals surface area contributed by atoms with Gasteiger partial charge in [0.25, 0.3) is 0 Å². The van der Waals surface area contributed by atoms with Crippen molar-refractivity contribution in [3.05, 3.63) is 76.7 Å². The molecule has 9 heteroatoms. The molecule has 1 amide bonds. The number of nitrogens with zero attached hydrogens (tertiary/aromatic N) is 3. The quantitative estimate of drug-likeness (QED) is 0.601. The fourth-order valence-electron chi connectivity index (χ4n) is 3.08. The molecule has 30 heavy (non-hydrogen) atoms. The van der Waals surface area contributed by atoms with E-state index in [1.165, 1.54) is 12.1 Å². The van der Waals surface area contributed by atoms with Crippen molar-refractivity contribution in [1.82, 2.24) is 9.97 Å². The van der Waals surface area contributed by atoms with Crippen molar-refractivity contribution >= 4 is 29.3 Å². The van der Waals surface area contributed by atoms with E-state index in [1.54, 1.807) is 36.5 Å². The van der Waals surface area contributed by atoms with E-state index in [4.69, 9.17) is 22.1 Å². The fraction of sp³-hybridized carbons (Fsp3) is 0.190. The lowest BCUT2D eigenvalue weighted by Crippen LogP contribution is -2.54. The van der Waals surface area contributed by atoms with Gasteiger partial charge in [-0.1, -0.05) is 23.7 Å². The highest BCUT2D eigenvalue weighted by atomic mass is 35.5. The van der Waals surface area contributed by atoms with Crippen LogP contribution in [-0.4, -0.2) is 35.1 Å². The minimum atomic E-state index is -0.477. The molecular weight excluding hydrogens is 409 g/mol. The highest BCUT2D eigenvalue weighted by molar-refractivity contribution is 6.30. The van der Waals surface area contributed by atoms with Gasteiger partial charge in [0.1, 0.15) is 11.9 Å². The number of benzene rings is 2. The average Bonchev–Trinajstić information content (AvgIpc) is 2.70. The highest BCUT2D eigenvalue weighted by Crippen LogP contribution is 2.26. The Morgan fingerprint density at radius 2 is 2.10 bits per heavy atom. The van der Waals surface area contributed by atoms with E-state index in [-0.39, 0.29) is 11.9 Å². The van der Waals surface area contributed by atoms with E-state index in [0.29, 0.717) is 36.2 Å². The number of amides is 1. The van der Waals surface area contributed by atoms with Gasteiger partial charge in [-0.15, -0.1) is 0 Å². The maximum Gasteiger partial charge on any atom is 0.248 e. The molecule has 2 aromatic carbocycles. The largest absolute Gasteiger partial charge is 0.484 e. The molecule has 3 N–H and O–H groups in total. The molecule has 0 aliphatic carbocycles. The Labute approximate surface area is 177 Å². The number of primary amides is 1. The predicted octanol–water partition coefficient (Wildman–Crippen LogP) is 3.25. The van der Waals surface area contributed by atoms with Crippen LogP contribution in [0.3, 0.4) is 0 Å². The molecule has 7 nitrogen and oxygen atoms in total. The molecule has 0 unspecified atom stereocenters. The van der Waals surface area contributed by atoms with Crippen LogP contribution in [0.1, 0.15) is 15.9 Å². The number of carbonyl (C=O) groups is 1. The number of nitrogens with one attached hydrogen (secondary N) is 1. The first-order valence-electron chi connectivity index (χ1n) is 9.30. The lowest BCUT2D eigenvalue weighted by molar-refractivity contribution is 0.1000. The fourth-order valence-corrected chi connectivity index (χ4v) is 3.24. The van der Waals surface area contributed by atoms with Crippen LogP contribution in [0.5, 0.6) is 5.75 Å². The molecule has 0 radical (unpaired) electrons. The number of rotatable bonds is 7. The summed E-state index contributed by atoms with van der Waals surface area (Å²) in [6, 6.07) is 13.2. The molecule has 1 aromatic heterocycles. The second-order valence-corrected chi connectivity index (χ2v) is 7.31. The summed E-state index contributed by atoms with van der Waals surface area (Å²) in [6.45, 7) is 1.62. The highest BCUT2D eigenvalue weighted by Gasteiger charge is 2.30. The molecule has 154 valence electrons. The van der Waals surface area contributed by atoms with Crippen LogP contribution in [0.25, 0.3) is 0 Å². The van der Waals surface area contributed by atoms with Crippen LogP contribution in [0.4, 0.5) is 16.2 Å². The van der Waals surface area contributed by atoms with Gasteiger partial charge < -0.3 is 20.7 Å². The summed E-state index contributed by atoms with van der Waals surface area (Å²) >= 11 is 5.76. The molecule has 0 spiro atoms. The number of anilines is 2. The van der Waals surface area contributed by atoms with Crippen molar-refractivity contribution < 1.29 is 13.9 Å². The number of aromatic nitrogens is 2. The summed E-state index contributed by atoms with van der Waals surface area (Å²) < 4.78 is 19.5. The number of ether oxygens (including phenoxy) is 1. The van der Waals surface area contributed by atoms with Gasteiger partial charge in [0.15, 0.2) is 11.6 Å². The first-order chi connectivity index (χ1) is 14.5. The standard InChI is InChI=1S/C21H19ClFN5O2/c22-15-4-5-18(17(23)9-15)30-16-11-28(12-16)19-6-7-25-21(27-19)26-10-13-2-1-3-14(8-13)20(24)29/h1-9,16H,10-12H2,(H2,24,29)(H,25,26,27). The SMILES string of the molecule is NC(=O)c1cccc(CNc2nccc(N3CC(Oc4ccc(Cl)cc4F)C3)n2)c1. The van der Waals surface area contributed by atoms with Crippen LogP contribution in [0.15, 0.2) is 54.7 Å². The average molecular weight is 428 g/mol. The van der Waals surface area contributed by atoms with Crippen LogP contribution >= 0.6 is 11.6 Å². The third-order valence-electron chi connectivity index (χ3n) is 4.66. The zero-order valence-corrected chi connectivity index (χ0v) is 16.6. The van der Waals surface area contributed by atoms with E-state index in [0.717, 1.165) is 11.4 Å². The molecule has 0 atom stereocenters. The van der Waals surface area contributed by atoms with E-state index in [1.807, 2.05) is 11.0 Å². The first-order valence-corrected chi connectivity index (χ1v) is 9.68. The van der Waals surface area contributed by atoms with Gasteiger partial charge in [-0.05, 0) is 42.0 Å². The normalized spacial score (nSPS) is 13.6. The van der Waals surface area contributed by atoms with E-state index in [2.05, 4.69) is 15.3 Å². The maximum absolute atomic E-state index is 13.9.